The summed E-state index contributed by atoms with van der Waals surface area (Å²) in [6.07, 6.45) is 7.04. The number of rotatable bonds is 6. The molecule has 0 radical (unpaired) electrons. The van der Waals surface area contributed by atoms with Crippen molar-refractivity contribution in [1.82, 2.24) is 34.2 Å². The average molecular weight is 541 g/mol. The van der Waals surface area contributed by atoms with Crippen LogP contribution in [0.3, 0.4) is 0 Å². The van der Waals surface area contributed by atoms with Gasteiger partial charge in [0.2, 0.25) is 0 Å². The Kier molecular flexibility index (Phi) is 5.57. The van der Waals surface area contributed by atoms with E-state index in [0.29, 0.717) is 17.9 Å². The van der Waals surface area contributed by atoms with Gasteiger partial charge in [-0.15, -0.1) is 0 Å². The Bertz CT molecular complexity index is 1730. The Balaban J connectivity index is 1.24. The summed E-state index contributed by atoms with van der Waals surface area (Å²) in [5.74, 6) is -0.339. The minimum atomic E-state index is -0.339. The van der Waals surface area contributed by atoms with Gasteiger partial charge in [-0.2, -0.15) is 15.3 Å². The van der Waals surface area contributed by atoms with Crippen molar-refractivity contribution in [2.45, 2.75) is 20.0 Å². The number of carbonyl (C=O) groups excluding carboxylic acids is 1. The van der Waals surface area contributed by atoms with E-state index in [-0.39, 0.29) is 11.6 Å². The molecule has 1 N–H and O–H groups in total. The van der Waals surface area contributed by atoms with Crippen LogP contribution in [0.1, 0.15) is 23.0 Å². The van der Waals surface area contributed by atoms with Gasteiger partial charge >= 0.3 is 0 Å². The Morgan fingerprint density at radius 3 is 2.75 bits per heavy atom. The fourth-order valence-electron chi connectivity index (χ4n) is 4.23. The number of anilines is 1. The summed E-state index contributed by atoms with van der Waals surface area (Å²) in [6, 6.07) is 18.0. The van der Waals surface area contributed by atoms with Crippen molar-refractivity contribution in [3.05, 3.63) is 95.1 Å². The quantitative estimate of drug-likeness (QED) is 0.320. The minimum absolute atomic E-state index is 0.253. The van der Waals surface area contributed by atoms with Crippen molar-refractivity contribution in [2.75, 3.05) is 5.32 Å². The molecule has 2 aromatic carbocycles. The van der Waals surface area contributed by atoms with Crippen molar-refractivity contribution < 1.29 is 4.79 Å². The third-order valence-electron chi connectivity index (χ3n) is 5.98. The van der Waals surface area contributed by atoms with Crippen LogP contribution in [0.5, 0.6) is 0 Å². The summed E-state index contributed by atoms with van der Waals surface area (Å²) in [5.41, 5.74) is 4.03. The summed E-state index contributed by atoms with van der Waals surface area (Å²) in [6.45, 7) is 3.36. The molecule has 0 bridgehead atoms. The summed E-state index contributed by atoms with van der Waals surface area (Å²) in [5, 5.41) is 18.8. The van der Waals surface area contributed by atoms with E-state index in [9.17, 15) is 4.79 Å². The first-order valence-electron chi connectivity index (χ1n) is 11.5. The van der Waals surface area contributed by atoms with Gasteiger partial charge in [0, 0.05) is 31.2 Å². The van der Waals surface area contributed by atoms with Gasteiger partial charge in [0.05, 0.1) is 28.6 Å². The third kappa shape index (κ3) is 4.05. The average Bonchev–Trinajstić information content (AvgIpc) is 3.62. The number of nitrogens with one attached hydrogen (secondary N) is 1. The smallest absolute Gasteiger partial charge is 0.276 e. The molecular formula is C26H21BrN8O. The lowest BCUT2D eigenvalue weighted by molar-refractivity contribution is 0.102. The highest BCUT2D eigenvalue weighted by Gasteiger charge is 2.18. The second kappa shape index (κ2) is 9.04. The summed E-state index contributed by atoms with van der Waals surface area (Å²) in [4.78, 5) is 17.4. The van der Waals surface area contributed by atoms with Crippen molar-refractivity contribution in [2.24, 2.45) is 0 Å². The first-order valence-corrected chi connectivity index (χ1v) is 12.3. The number of benzene rings is 2. The zero-order valence-electron chi connectivity index (χ0n) is 19.3. The number of fused-ring (bicyclic) bond motifs is 2. The summed E-state index contributed by atoms with van der Waals surface area (Å²) < 4.78 is 6.12. The summed E-state index contributed by atoms with van der Waals surface area (Å²) >= 11 is 3.57. The fraction of sp³-hybridized carbons (Fsp3) is 0.115. The van der Waals surface area contributed by atoms with E-state index in [4.69, 9.17) is 0 Å². The van der Waals surface area contributed by atoms with Crippen LogP contribution in [0.4, 0.5) is 5.69 Å². The highest BCUT2D eigenvalue weighted by atomic mass is 79.9. The molecule has 0 fully saturated rings. The molecule has 9 nitrogen and oxygen atoms in total. The molecule has 0 atom stereocenters. The molecule has 0 spiro atoms. The van der Waals surface area contributed by atoms with Crippen LogP contribution in [0.25, 0.3) is 27.8 Å². The molecule has 0 saturated carbocycles. The Morgan fingerprint density at radius 1 is 1.03 bits per heavy atom. The van der Waals surface area contributed by atoms with Gasteiger partial charge in [-0.1, -0.05) is 42.5 Å². The van der Waals surface area contributed by atoms with Gasteiger partial charge in [0.15, 0.2) is 11.3 Å². The van der Waals surface area contributed by atoms with Crippen LogP contribution in [0, 0.1) is 0 Å². The van der Waals surface area contributed by atoms with Gasteiger partial charge in [-0.3, -0.25) is 14.2 Å². The molecule has 36 heavy (non-hydrogen) atoms. The lowest BCUT2D eigenvalue weighted by Crippen LogP contribution is -2.12. The number of amides is 1. The lowest BCUT2D eigenvalue weighted by atomic mass is 10.0. The van der Waals surface area contributed by atoms with E-state index < -0.39 is 0 Å². The number of hydrogen-bond acceptors (Lipinski definition) is 5. The normalized spacial score (nSPS) is 11.4. The largest absolute Gasteiger partial charge is 0.318 e. The highest BCUT2D eigenvalue weighted by Crippen LogP contribution is 2.27. The van der Waals surface area contributed by atoms with E-state index in [0.717, 1.165) is 28.0 Å². The number of carbonyl (C=O) groups is 1. The van der Waals surface area contributed by atoms with Crippen LogP contribution in [0.2, 0.25) is 0 Å². The first kappa shape index (κ1) is 22.2. The van der Waals surface area contributed by atoms with E-state index in [1.165, 1.54) is 10.8 Å². The molecule has 6 rings (SSSR count). The maximum atomic E-state index is 13.0. The topological polar surface area (TPSA) is 94.9 Å². The van der Waals surface area contributed by atoms with Crippen LogP contribution >= 0.6 is 15.9 Å². The van der Waals surface area contributed by atoms with Gasteiger partial charge in [0.25, 0.3) is 5.91 Å². The highest BCUT2D eigenvalue weighted by molar-refractivity contribution is 9.10. The van der Waals surface area contributed by atoms with Crippen molar-refractivity contribution in [3.8, 4) is 11.4 Å². The second-order valence-electron chi connectivity index (χ2n) is 8.33. The Hall–Kier alpha value is -4.31. The predicted molar refractivity (Wildman–Crippen MR) is 141 cm³/mol. The zero-order chi connectivity index (χ0) is 24.6. The summed E-state index contributed by atoms with van der Waals surface area (Å²) in [7, 11) is 0. The maximum Gasteiger partial charge on any atom is 0.276 e. The van der Waals surface area contributed by atoms with Gasteiger partial charge in [-0.05, 0) is 45.3 Å². The molecule has 178 valence electrons. The van der Waals surface area contributed by atoms with E-state index in [2.05, 4.69) is 65.8 Å². The standard InChI is InChI=1S/C26H21BrN8O/c1-2-33-16-21(27)25(32-33)23-10-11-28-24-12-22(31-35(23)24)26(36)30-19-13-29-34(15-19)14-18-8-5-7-17-6-3-4-9-20(17)18/h3-13,15-16H,2,14H2,1H3,(H,30,36). The second-order valence-corrected chi connectivity index (χ2v) is 9.18. The molecular weight excluding hydrogens is 520 g/mol. The van der Waals surface area contributed by atoms with Crippen molar-refractivity contribution >= 4 is 43.9 Å². The van der Waals surface area contributed by atoms with Crippen LogP contribution in [0.15, 0.2) is 83.9 Å². The molecule has 0 aliphatic carbocycles. The predicted octanol–water partition coefficient (Wildman–Crippen LogP) is 5.03. The molecule has 0 aliphatic heterocycles. The van der Waals surface area contributed by atoms with E-state index in [1.807, 2.05) is 52.9 Å². The minimum Gasteiger partial charge on any atom is -0.318 e. The van der Waals surface area contributed by atoms with Crippen LogP contribution in [-0.2, 0) is 13.1 Å². The van der Waals surface area contributed by atoms with Gasteiger partial charge in [-0.25, -0.2) is 9.50 Å². The number of halogens is 1. The number of hydrogen-bond donors (Lipinski definition) is 1. The lowest BCUT2D eigenvalue weighted by Gasteiger charge is -2.06. The third-order valence-corrected chi connectivity index (χ3v) is 6.56. The Labute approximate surface area is 214 Å². The molecule has 4 heterocycles. The Morgan fingerprint density at radius 2 is 1.89 bits per heavy atom. The van der Waals surface area contributed by atoms with Gasteiger partial charge < -0.3 is 5.32 Å². The van der Waals surface area contributed by atoms with E-state index in [1.54, 1.807) is 23.0 Å². The fourth-order valence-corrected chi connectivity index (χ4v) is 4.75. The molecule has 0 aliphatic rings. The van der Waals surface area contributed by atoms with Crippen molar-refractivity contribution in [3.63, 3.8) is 0 Å². The SMILES string of the molecule is CCn1cc(Br)c(-c2ccnc3cc(C(=O)Nc4cnn(Cc5cccc6ccccc56)c4)nn23)n1. The monoisotopic (exact) mass is 540 g/mol. The molecule has 1 amide bonds. The molecule has 0 unspecified atom stereocenters. The molecule has 6 aromatic rings. The van der Waals surface area contributed by atoms with Crippen LogP contribution < -0.4 is 5.32 Å². The van der Waals surface area contributed by atoms with Gasteiger partial charge in [0.1, 0.15) is 5.69 Å². The number of aromatic nitrogens is 7. The first-order chi connectivity index (χ1) is 17.6. The number of aryl methyl sites for hydroxylation is 1. The van der Waals surface area contributed by atoms with Crippen molar-refractivity contribution in [1.29, 1.82) is 0 Å². The zero-order valence-corrected chi connectivity index (χ0v) is 20.9. The molecule has 4 aromatic heterocycles. The number of nitrogens with zero attached hydrogens (tertiary/aromatic N) is 7. The van der Waals surface area contributed by atoms with Crippen LogP contribution in [-0.4, -0.2) is 40.1 Å². The molecule has 0 saturated heterocycles. The maximum absolute atomic E-state index is 13.0. The molecule has 10 heteroatoms. The van der Waals surface area contributed by atoms with E-state index >= 15 is 0 Å².